The SMILES string of the molecule is CC(C)c1nn(C)c(Cl)c1C(O)CN. The van der Waals surface area contributed by atoms with Gasteiger partial charge in [0, 0.05) is 19.2 Å². The number of hydrogen-bond donors (Lipinski definition) is 2. The molecule has 0 aliphatic rings. The van der Waals surface area contributed by atoms with Crippen LogP contribution >= 0.6 is 11.6 Å². The molecular weight excluding hydrogens is 202 g/mol. The first-order chi connectivity index (χ1) is 6.49. The van der Waals surface area contributed by atoms with Crippen LogP contribution in [0.1, 0.15) is 37.1 Å². The topological polar surface area (TPSA) is 64.1 Å². The summed E-state index contributed by atoms with van der Waals surface area (Å²) >= 11 is 6.02. The van der Waals surface area contributed by atoms with Crippen molar-refractivity contribution in [1.82, 2.24) is 9.78 Å². The Balaban J connectivity index is 3.23. The van der Waals surface area contributed by atoms with E-state index in [1.165, 1.54) is 0 Å². The number of nitrogens with two attached hydrogens (primary N) is 1. The van der Waals surface area contributed by atoms with E-state index in [1.807, 2.05) is 13.8 Å². The van der Waals surface area contributed by atoms with Crippen molar-refractivity contribution in [2.75, 3.05) is 6.54 Å². The second-order valence-electron chi connectivity index (χ2n) is 3.62. The molecule has 0 radical (unpaired) electrons. The molecule has 3 N–H and O–H groups in total. The maximum atomic E-state index is 9.69. The fourth-order valence-electron chi connectivity index (χ4n) is 1.39. The maximum absolute atomic E-state index is 9.69. The number of aryl methyl sites for hydroxylation is 1. The highest BCUT2D eigenvalue weighted by Crippen LogP contribution is 2.29. The van der Waals surface area contributed by atoms with Gasteiger partial charge in [-0.25, -0.2) is 0 Å². The summed E-state index contributed by atoms with van der Waals surface area (Å²) in [6.45, 7) is 4.17. The molecule has 1 aromatic rings. The zero-order valence-electron chi connectivity index (χ0n) is 8.66. The lowest BCUT2D eigenvalue weighted by atomic mass is 10.0. The Bertz CT molecular complexity index is 322. The van der Waals surface area contributed by atoms with Gasteiger partial charge in [0.25, 0.3) is 0 Å². The average Bonchev–Trinajstić information content (AvgIpc) is 2.43. The van der Waals surface area contributed by atoms with Crippen LogP contribution in [0, 0.1) is 0 Å². The van der Waals surface area contributed by atoms with E-state index in [2.05, 4.69) is 5.10 Å². The number of hydrogen-bond acceptors (Lipinski definition) is 3. The van der Waals surface area contributed by atoms with Crippen LogP contribution in [0.15, 0.2) is 0 Å². The predicted octanol–water partition coefficient (Wildman–Crippen LogP) is 1.19. The molecule has 0 aromatic carbocycles. The lowest BCUT2D eigenvalue weighted by Gasteiger charge is -2.10. The van der Waals surface area contributed by atoms with Gasteiger partial charge >= 0.3 is 0 Å². The molecule has 5 heteroatoms. The highest BCUT2D eigenvalue weighted by Gasteiger charge is 2.22. The zero-order chi connectivity index (χ0) is 10.9. The Labute approximate surface area is 88.7 Å². The van der Waals surface area contributed by atoms with Crippen LogP contribution in [0.4, 0.5) is 0 Å². The summed E-state index contributed by atoms with van der Waals surface area (Å²) in [6, 6.07) is 0. The third-order valence-corrected chi connectivity index (χ3v) is 2.59. The van der Waals surface area contributed by atoms with Crippen molar-refractivity contribution in [3.63, 3.8) is 0 Å². The number of halogens is 1. The van der Waals surface area contributed by atoms with Crippen LogP contribution in [0.3, 0.4) is 0 Å². The van der Waals surface area contributed by atoms with E-state index in [0.717, 1.165) is 5.69 Å². The van der Waals surface area contributed by atoms with E-state index in [9.17, 15) is 5.11 Å². The van der Waals surface area contributed by atoms with Crippen molar-refractivity contribution in [2.45, 2.75) is 25.9 Å². The minimum absolute atomic E-state index is 0.158. The van der Waals surface area contributed by atoms with Crippen molar-refractivity contribution in [1.29, 1.82) is 0 Å². The van der Waals surface area contributed by atoms with Crippen LogP contribution in [0.2, 0.25) is 5.15 Å². The van der Waals surface area contributed by atoms with E-state index < -0.39 is 6.10 Å². The molecule has 0 aliphatic heterocycles. The quantitative estimate of drug-likeness (QED) is 0.800. The first-order valence-electron chi connectivity index (χ1n) is 4.59. The van der Waals surface area contributed by atoms with E-state index in [0.29, 0.717) is 10.7 Å². The molecule has 1 rings (SSSR count). The van der Waals surface area contributed by atoms with Gasteiger partial charge in [-0.05, 0) is 5.92 Å². The summed E-state index contributed by atoms with van der Waals surface area (Å²) in [7, 11) is 1.75. The molecule has 4 nitrogen and oxygen atoms in total. The van der Waals surface area contributed by atoms with Crippen molar-refractivity contribution in [3.8, 4) is 0 Å². The van der Waals surface area contributed by atoms with Crippen LogP contribution in [-0.4, -0.2) is 21.4 Å². The Morgan fingerprint density at radius 1 is 1.57 bits per heavy atom. The number of aromatic nitrogens is 2. The third kappa shape index (κ3) is 1.92. The number of nitrogens with zero attached hydrogens (tertiary/aromatic N) is 2. The Hall–Kier alpha value is -0.580. The van der Waals surface area contributed by atoms with Gasteiger partial charge < -0.3 is 10.8 Å². The molecule has 1 heterocycles. The van der Waals surface area contributed by atoms with Gasteiger partial charge in [-0.2, -0.15) is 5.10 Å². The highest BCUT2D eigenvalue weighted by atomic mass is 35.5. The van der Waals surface area contributed by atoms with Gasteiger partial charge in [0.1, 0.15) is 5.15 Å². The fraction of sp³-hybridized carbons (Fsp3) is 0.667. The van der Waals surface area contributed by atoms with Crippen molar-refractivity contribution in [2.24, 2.45) is 12.8 Å². The number of aliphatic hydroxyl groups is 1. The normalized spacial score (nSPS) is 13.6. The summed E-state index contributed by atoms with van der Waals surface area (Å²) in [6.07, 6.45) is -0.728. The van der Waals surface area contributed by atoms with Gasteiger partial charge in [-0.15, -0.1) is 0 Å². The number of aliphatic hydroxyl groups excluding tert-OH is 1. The van der Waals surface area contributed by atoms with Gasteiger partial charge in [0.15, 0.2) is 0 Å². The van der Waals surface area contributed by atoms with E-state index >= 15 is 0 Å². The second-order valence-corrected chi connectivity index (χ2v) is 3.98. The van der Waals surface area contributed by atoms with Gasteiger partial charge in [-0.1, -0.05) is 25.4 Å². The van der Waals surface area contributed by atoms with Gasteiger partial charge in [0.2, 0.25) is 0 Å². The Kier molecular flexibility index (Phi) is 3.53. The third-order valence-electron chi connectivity index (χ3n) is 2.14. The van der Waals surface area contributed by atoms with E-state index in [-0.39, 0.29) is 12.5 Å². The molecule has 0 amide bonds. The zero-order valence-corrected chi connectivity index (χ0v) is 9.41. The lowest BCUT2D eigenvalue weighted by Crippen LogP contribution is -2.13. The molecule has 1 aromatic heterocycles. The second kappa shape index (κ2) is 4.29. The maximum Gasteiger partial charge on any atom is 0.132 e. The standard InChI is InChI=1S/C9H16ClN3O/c1-5(2)8-7(6(14)4-11)9(10)13(3)12-8/h5-6,14H,4,11H2,1-3H3. The molecule has 0 spiro atoms. The minimum atomic E-state index is -0.728. The fourth-order valence-corrected chi connectivity index (χ4v) is 1.65. The monoisotopic (exact) mass is 217 g/mol. The molecule has 0 saturated carbocycles. The largest absolute Gasteiger partial charge is 0.387 e. The molecule has 1 atom stereocenters. The van der Waals surface area contributed by atoms with Crippen LogP contribution in [-0.2, 0) is 7.05 Å². The van der Waals surface area contributed by atoms with Crippen LogP contribution < -0.4 is 5.73 Å². The molecule has 80 valence electrons. The summed E-state index contributed by atoms with van der Waals surface area (Å²) in [5.74, 6) is 0.227. The summed E-state index contributed by atoms with van der Waals surface area (Å²) in [5.41, 5.74) is 6.88. The van der Waals surface area contributed by atoms with Crippen molar-refractivity contribution >= 4 is 11.6 Å². The summed E-state index contributed by atoms with van der Waals surface area (Å²) < 4.78 is 1.56. The smallest absolute Gasteiger partial charge is 0.132 e. The molecular formula is C9H16ClN3O. The Morgan fingerprint density at radius 3 is 2.57 bits per heavy atom. The predicted molar refractivity (Wildman–Crippen MR) is 56.3 cm³/mol. The van der Waals surface area contributed by atoms with E-state index in [4.69, 9.17) is 17.3 Å². The average molecular weight is 218 g/mol. The summed E-state index contributed by atoms with van der Waals surface area (Å²) in [5, 5.41) is 14.4. The minimum Gasteiger partial charge on any atom is -0.387 e. The van der Waals surface area contributed by atoms with Crippen molar-refractivity contribution in [3.05, 3.63) is 16.4 Å². The van der Waals surface area contributed by atoms with Crippen molar-refractivity contribution < 1.29 is 5.11 Å². The summed E-state index contributed by atoms with van der Waals surface area (Å²) in [4.78, 5) is 0. The molecule has 14 heavy (non-hydrogen) atoms. The Morgan fingerprint density at radius 2 is 2.14 bits per heavy atom. The lowest BCUT2D eigenvalue weighted by molar-refractivity contribution is 0.185. The molecule has 0 fully saturated rings. The van der Waals surface area contributed by atoms with Crippen LogP contribution in [0.25, 0.3) is 0 Å². The van der Waals surface area contributed by atoms with Crippen LogP contribution in [0.5, 0.6) is 0 Å². The molecule has 1 unspecified atom stereocenters. The van der Waals surface area contributed by atoms with Gasteiger partial charge in [-0.3, -0.25) is 4.68 Å². The highest BCUT2D eigenvalue weighted by molar-refractivity contribution is 6.30. The van der Waals surface area contributed by atoms with E-state index in [1.54, 1.807) is 11.7 Å². The van der Waals surface area contributed by atoms with Gasteiger partial charge in [0.05, 0.1) is 11.8 Å². The first-order valence-corrected chi connectivity index (χ1v) is 4.97. The first kappa shape index (κ1) is 11.5. The molecule has 0 aliphatic carbocycles. The number of rotatable bonds is 3. The molecule has 0 saturated heterocycles. The molecule has 0 bridgehead atoms.